The van der Waals surface area contributed by atoms with Crippen molar-refractivity contribution >= 4 is 16.7 Å². The Labute approximate surface area is 137 Å². The van der Waals surface area contributed by atoms with Gasteiger partial charge in [-0.25, -0.2) is 0 Å². The second-order valence-corrected chi connectivity index (χ2v) is 5.68. The fourth-order valence-electron chi connectivity index (χ4n) is 3.16. The zero-order valence-corrected chi connectivity index (χ0v) is 12.9. The van der Waals surface area contributed by atoms with Crippen molar-refractivity contribution in [1.82, 2.24) is 0 Å². The Hall–Kier alpha value is -2.86. The Morgan fingerprint density at radius 2 is 1.00 bits per heavy atom. The van der Waals surface area contributed by atoms with Gasteiger partial charge in [-0.05, 0) is 45.9 Å². The Morgan fingerprint density at radius 1 is 0.522 bits per heavy atom. The second-order valence-electron chi connectivity index (χ2n) is 5.68. The normalized spacial score (nSPS) is 14.0. The van der Waals surface area contributed by atoms with Crippen molar-refractivity contribution in [2.75, 3.05) is 0 Å². The van der Waals surface area contributed by atoms with Crippen molar-refractivity contribution in [3.05, 3.63) is 114 Å². The van der Waals surface area contributed by atoms with E-state index in [0.717, 1.165) is 6.42 Å². The van der Waals surface area contributed by atoms with Crippen LogP contribution in [0.5, 0.6) is 0 Å². The molecule has 0 heteroatoms. The second kappa shape index (κ2) is 6.10. The summed E-state index contributed by atoms with van der Waals surface area (Å²) in [4.78, 5) is 0. The largest absolute Gasteiger partial charge is 0.0622 e. The van der Waals surface area contributed by atoms with E-state index in [4.69, 9.17) is 0 Å². The van der Waals surface area contributed by atoms with E-state index in [1.165, 1.54) is 33.4 Å². The molecule has 0 saturated carbocycles. The van der Waals surface area contributed by atoms with Gasteiger partial charge in [0.25, 0.3) is 0 Å². The highest BCUT2D eigenvalue weighted by Gasteiger charge is 2.21. The van der Waals surface area contributed by atoms with Crippen LogP contribution in [0.25, 0.3) is 16.7 Å². The van der Waals surface area contributed by atoms with E-state index in [9.17, 15) is 0 Å². The molecule has 0 bridgehead atoms. The van der Waals surface area contributed by atoms with Crippen molar-refractivity contribution in [2.24, 2.45) is 0 Å². The molecule has 0 amide bonds. The van der Waals surface area contributed by atoms with E-state index in [-0.39, 0.29) is 0 Å². The maximum Gasteiger partial charge on any atom is -0.000398 e. The Morgan fingerprint density at radius 3 is 1.57 bits per heavy atom. The van der Waals surface area contributed by atoms with Gasteiger partial charge in [-0.3, -0.25) is 0 Å². The number of allylic oxidation sites excluding steroid dienone is 4. The molecule has 3 aromatic carbocycles. The van der Waals surface area contributed by atoms with Crippen LogP contribution in [0.2, 0.25) is 0 Å². The molecule has 0 heterocycles. The average molecular weight is 293 g/mol. The smallest absolute Gasteiger partial charge is 0.000398 e. The van der Waals surface area contributed by atoms with Crippen LogP contribution >= 0.6 is 0 Å². The summed E-state index contributed by atoms with van der Waals surface area (Å²) in [7, 11) is 0. The summed E-state index contributed by atoms with van der Waals surface area (Å²) in [6.45, 7) is 0. The van der Waals surface area contributed by atoms with Gasteiger partial charge in [0.1, 0.15) is 0 Å². The van der Waals surface area contributed by atoms with Crippen molar-refractivity contribution in [2.45, 2.75) is 6.42 Å². The lowest BCUT2D eigenvalue weighted by Gasteiger charge is -2.13. The van der Waals surface area contributed by atoms with Crippen LogP contribution in [0.1, 0.15) is 23.1 Å². The first kappa shape index (κ1) is 13.8. The Balaban J connectivity index is 1.91. The van der Waals surface area contributed by atoms with Gasteiger partial charge in [0, 0.05) is 0 Å². The first-order valence-electron chi connectivity index (χ1n) is 7.94. The van der Waals surface area contributed by atoms with E-state index < -0.39 is 0 Å². The van der Waals surface area contributed by atoms with Crippen LogP contribution in [-0.4, -0.2) is 0 Å². The molecule has 0 nitrogen and oxygen atoms in total. The molecule has 0 N–H and O–H groups in total. The first-order valence-corrected chi connectivity index (χ1v) is 7.94. The van der Waals surface area contributed by atoms with Crippen LogP contribution in [0.3, 0.4) is 0 Å². The lowest BCUT2D eigenvalue weighted by molar-refractivity contribution is 1.39. The van der Waals surface area contributed by atoms with Crippen LogP contribution in [0.4, 0.5) is 0 Å². The predicted molar refractivity (Wildman–Crippen MR) is 97.4 cm³/mol. The number of hydrogen-bond donors (Lipinski definition) is 0. The van der Waals surface area contributed by atoms with Gasteiger partial charge >= 0.3 is 0 Å². The van der Waals surface area contributed by atoms with Gasteiger partial charge in [0.05, 0.1) is 0 Å². The summed E-state index contributed by atoms with van der Waals surface area (Å²) < 4.78 is 0. The van der Waals surface area contributed by atoms with Gasteiger partial charge in [0.15, 0.2) is 0 Å². The Kier molecular flexibility index (Phi) is 3.65. The van der Waals surface area contributed by atoms with Gasteiger partial charge in [-0.2, -0.15) is 0 Å². The summed E-state index contributed by atoms with van der Waals surface area (Å²) >= 11 is 0. The molecule has 109 valence electrons. The average Bonchev–Trinajstić information content (AvgIpc) is 3.09. The lowest BCUT2D eigenvalue weighted by Crippen LogP contribution is -1.91. The molecular weight excluding hydrogens is 276 g/mol. The highest BCUT2D eigenvalue weighted by Crippen LogP contribution is 2.43. The zero-order chi connectivity index (χ0) is 15.5. The highest BCUT2D eigenvalue weighted by atomic mass is 14.2. The van der Waals surface area contributed by atoms with Gasteiger partial charge in [-0.1, -0.05) is 91.0 Å². The molecule has 0 unspecified atom stereocenters. The maximum atomic E-state index is 3.61. The van der Waals surface area contributed by atoms with E-state index in [0.29, 0.717) is 0 Å². The van der Waals surface area contributed by atoms with Crippen LogP contribution in [-0.2, 0) is 0 Å². The van der Waals surface area contributed by atoms with E-state index in [1.807, 2.05) is 0 Å². The van der Waals surface area contributed by atoms with Crippen molar-refractivity contribution in [3.63, 3.8) is 0 Å². The molecule has 1 aliphatic carbocycles. The minimum Gasteiger partial charge on any atom is -0.0622 e. The summed E-state index contributed by atoms with van der Waals surface area (Å²) in [6, 6.07) is 31.9. The van der Waals surface area contributed by atoms with Crippen molar-refractivity contribution < 1.29 is 0 Å². The molecule has 4 rings (SSSR count). The first-order chi connectivity index (χ1) is 11.4. The molecule has 1 radical (unpaired) electrons. The third kappa shape index (κ3) is 2.64. The summed E-state index contributed by atoms with van der Waals surface area (Å²) in [5.41, 5.74) is 7.66. The molecule has 3 aromatic rings. The topological polar surface area (TPSA) is 0 Å². The molecule has 1 aliphatic rings. The zero-order valence-electron chi connectivity index (χ0n) is 12.9. The molecule has 0 fully saturated rings. The highest BCUT2D eigenvalue weighted by molar-refractivity contribution is 6.17. The summed E-state index contributed by atoms with van der Waals surface area (Å²) in [5.74, 6) is 0. The van der Waals surface area contributed by atoms with Crippen LogP contribution in [0.15, 0.2) is 91.0 Å². The molecule has 0 aliphatic heterocycles. The molecule has 0 spiro atoms. The molecule has 23 heavy (non-hydrogen) atoms. The maximum absolute atomic E-state index is 3.61. The van der Waals surface area contributed by atoms with Gasteiger partial charge in [0.2, 0.25) is 0 Å². The molecule has 0 aromatic heterocycles. The van der Waals surface area contributed by atoms with E-state index in [2.05, 4.69) is 97.1 Å². The molecule has 0 atom stereocenters. The fourth-order valence-corrected chi connectivity index (χ4v) is 3.16. The minimum absolute atomic E-state index is 0.860. The van der Waals surface area contributed by atoms with E-state index in [1.54, 1.807) is 0 Å². The summed E-state index contributed by atoms with van der Waals surface area (Å²) in [5, 5.41) is 0. The number of rotatable bonds is 3. The predicted octanol–water partition coefficient (Wildman–Crippen LogP) is 5.89. The third-order valence-corrected chi connectivity index (χ3v) is 4.24. The standard InChI is InChI=1S/C23H17/c1-4-10-18(11-5-1)21-16-17-22(19-12-6-2-7-13-19)23(21)20-14-8-3-9-15-20/h1-15H,16H2. The SMILES string of the molecule is [C]1=C(c2ccccc2)C(c2ccccc2)=C(c2ccccc2)C1. The monoisotopic (exact) mass is 293 g/mol. The minimum atomic E-state index is 0.860. The molecular formula is C23H17. The number of benzene rings is 3. The lowest BCUT2D eigenvalue weighted by atomic mass is 9.90. The number of hydrogen-bond acceptors (Lipinski definition) is 0. The fraction of sp³-hybridized carbons (Fsp3) is 0.0435. The van der Waals surface area contributed by atoms with Crippen molar-refractivity contribution in [1.29, 1.82) is 0 Å². The third-order valence-electron chi connectivity index (χ3n) is 4.24. The van der Waals surface area contributed by atoms with Crippen molar-refractivity contribution in [3.8, 4) is 0 Å². The quantitative estimate of drug-likeness (QED) is 0.565. The molecule has 0 saturated heterocycles. The van der Waals surface area contributed by atoms with Crippen LogP contribution in [0, 0.1) is 6.08 Å². The van der Waals surface area contributed by atoms with E-state index >= 15 is 0 Å². The Bertz CT molecular complexity index is 854. The van der Waals surface area contributed by atoms with Gasteiger partial charge in [-0.15, -0.1) is 0 Å². The van der Waals surface area contributed by atoms with Crippen LogP contribution < -0.4 is 0 Å². The van der Waals surface area contributed by atoms with Gasteiger partial charge < -0.3 is 0 Å². The summed E-state index contributed by atoms with van der Waals surface area (Å²) in [6.07, 6.45) is 4.47.